The van der Waals surface area contributed by atoms with Crippen LogP contribution in [0.3, 0.4) is 0 Å². The van der Waals surface area contributed by atoms with E-state index in [-0.39, 0.29) is 12.0 Å². The van der Waals surface area contributed by atoms with E-state index in [0.717, 1.165) is 34.6 Å². The standard InChI is InChI=1S/C19H19ClN2O3/c1-3-12-10-22-16(19(23)21-9-13-5-4-11(2)24-13)8-14-15(20)6-7-17(25-12)18(14)22/h4-8,12H,3,9-10H2,1-2H3,(H,21,23)/t12-/m0/s1. The third kappa shape index (κ3) is 2.78. The Morgan fingerprint density at radius 3 is 2.92 bits per heavy atom. The normalized spacial score (nSPS) is 16.0. The van der Waals surface area contributed by atoms with E-state index in [1.54, 1.807) is 0 Å². The zero-order valence-electron chi connectivity index (χ0n) is 14.1. The Morgan fingerprint density at radius 2 is 2.20 bits per heavy atom. The van der Waals surface area contributed by atoms with Crippen LogP contribution in [0.15, 0.2) is 34.7 Å². The largest absolute Gasteiger partial charge is 0.486 e. The molecule has 130 valence electrons. The first kappa shape index (κ1) is 16.1. The summed E-state index contributed by atoms with van der Waals surface area (Å²) in [5.41, 5.74) is 1.48. The Bertz CT molecular complexity index is 957. The molecule has 0 saturated heterocycles. The van der Waals surface area contributed by atoms with Gasteiger partial charge >= 0.3 is 0 Å². The number of furan rings is 1. The lowest BCUT2D eigenvalue weighted by Gasteiger charge is -2.26. The van der Waals surface area contributed by atoms with Crippen LogP contribution in [0.4, 0.5) is 0 Å². The number of hydrogen-bond donors (Lipinski definition) is 1. The maximum Gasteiger partial charge on any atom is 0.268 e. The number of ether oxygens (including phenoxy) is 1. The number of nitrogens with zero attached hydrogens (tertiary/aromatic N) is 1. The van der Waals surface area contributed by atoms with E-state index >= 15 is 0 Å². The second-order valence-corrected chi connectivity index (χ2v) is 6.70. The number of carbonyl (C=O) groups excluding carboxylic acids is 1. The van der Waals surface area contributed by atoms with Gasteiger partial charge in [-0.05, 0) is 43.7 Å². The van der Waals surface area contributed by atoms with Gasteiger partial charge in [-0.15, -0.1) is 0 Å². The summed E-state index contributed by atoms with van der Waals surface area (Å²) >= 11 is 6.33. The van der Waals surface area contributed by atoms with E-state index in [4.69, 9.17) is 20.8 Å². The molecule has 4 rings (SSSR count). The molecule has 1 aliphatic rings. The van der Waals surface area contributed by atoms with Crippen LogP contribution in [0.2, 0.25) is 5.02 Å². The molecule has 5 nitrogen and oxygen atoms in total. The van der Waals surface area contributed by atoms with Crippen LogP contribution >= 0.6 is 11.6 Å². The molecule has 2 aromatic heterocycles. The molecule has 1 atom stereocenters. The average molecular weight is 359 g/mol. The van der Waals surface area contributed by atoms with Gasteiger partial charge in [-0.2, -0.15) is 0 Å². The van der Waals surface area contributed by atoms with Gasteiger partial charge in [0.25, 0.3) is 5.91 Å². The Kier molecular flexibility index (Phi) is 3.96. The Labute approximate surface area is 150 Å². The molecule has 25 heavy (non-hydrogen) atoms. The highest BCUT2D eigenvalue weighted by molar-refractivity contribution is 6.36. The molecule has 0 bridgehead atoms. The summed E-state index contributed by atoms with van der Waals surface area (Å²) in [7, 11) is 0. The van der Waals surface area contributed by atoms with Gasteiger partial charge in [0.1, 0.15) is 29.1 Å². The van der Waals surface area contributed by atoms with E-state index in [2.05, 4.69) is 12.2 Å². The van der Waals surface area contributed by atoms with Crippen molar-refractivity contribution in [2.24, 2.45) is 0 Å². The van der Waals surface area contributed by atoms with Crippen molar-refractivity contribution in [3.05, 3.63) is 52.6 Å². The number of benzene rings is 1. The van der Waals surface area contributed by atoms with Crippen molar-refractivity contribution >= 4 is 28.4 Å². The van der Waals surface area contributed by atoms with Crippen molar-refractivity contribution in [1.82, 2.24) is 9.88 Å². The molecule has 0 radical (unpaired) electrons. The minimum absolute atomic E-state index is 0.0450. The van der Waals surface area contributed by atoms with E-state index in [1.165, 1.54) is 0 Å². The monoisotopic (exact) mass is 358 g/mol. The molecule has 0 spiro atoms. The fourth-order valence-electron chi connectivity index (χ4n) is 3.26. The van der Waals surface area contributed by atoms with Crippen molar-refractivity contribution < 1.29 is 13.9 Å². The van der Waals surface area contributed by atoms with Gasteiger partial charge in [0, 0.05) is 5.39 Å². The molecule has 0 aliphatic carbocycles. The van der Waals surface area contributed by atoms with Gasteiger partial charge in [0.05, 0.1) is 23.6 Å². The lowest BCUT2D eigenvalue weighted by molar-refractivity contribution is 0.0932. The van der Waals surface area contributed by atoms with Gasteiger partial charge < -0.3 is 19.0 Å². The third-order valence-corrected chi connectivity index (χ3v) is 4.89. The molecule has 6 heteroatoms. The van der Waals surface area contributed by atoms with Crippen LogP contribution < -0.4 is 10.1 Å². The van der Waals surface area contributed by atoms with Gasteiger partial charge in [0.15, 0.2) is 0 Å². The summed E-state index contributed by atoms with van der Waals surface area (Å²) in [5, 5.41) is 4.38. The SMILES string of the molecule is CC[C@H]1Cn2c(C(=O)NCc3ccc(C)o3)cc3c(Cl)ccc(c32)O1. The van der Waals surface area contributed by atoms with E-state index in [9.17, 15) is 4.79 Å². The molecule has 0 saturated carbocycles. The highest BCUT2D eigenvalue weighted by atomic mass is 35.5. The zero-order chi connectivity index (χ0) is 17.6. The van der Waals surface area contributed by atoms with E-state index in [0.29, 0.717) is 23.8 Å². The lowest BCUT2D eigenvalue weighted by Crippen LogP contribution is -2.31. The van der Waals surface area contributed by atoms with Crippen LogP contribution in [0, 0.1) is 6.92 Å². The van der Waals surface area contributed by atoms with Gasteiger partial charge in [-0.1, -0.05) is 18.5 Å². The van der Waals surface area contributed by atoms with Crippen LogP contribution in [0.5, 0.6) is 5.75 Å². The molecule has 1 aliphatic heterocycles. The number of amides is 1. The van der Waals surface area contributed by atoms with Crippen LogP contribution in [-0.2, 0) is 13.1 Å². The van der Waals surface area contributed by atoms with Crippen molar-refractivity contribution in [1.29, 1.82) is 0 Å². The molecule has 3 heterocycles. The molecule has 1 amide bonds. The summed E-state index contributed by atoms with van der Waals surface area (Å²) in [6.07, 6.45) is 0.914. The maximum atomic E-state index is 12.8. The first-order chi connectivity index (χ1) is 12.1. The number of aryl methyl sites for hydroxylation is 1. The van der Waals surface area contributed by atoms with Gasteiger partial charge in [-0.25, -0.2) is 0 Å². The van der Waals surface area contributed by atoms with Crippen molar-refractivity contribution in [2.75, 3.05) is 0 Å². The third-order valence-electron chi connectivity index (χ3n) is 4.56. The fourth-order valence-corrected chi connectivity index (χ4v) is 3.47. The molecule has 1 aromatic carbocycles. The second-order valence-electron chi connectivity index (χ2n) is 6.29. The molecule has 1 N–H and O–H groups in total. The quantitative estimate of drug-likeness (QED) is 0.756. The first-order valence-electron chi connectivity index (χ1n) is 8.38. The van der Waals surface area contributed by atoms with Crippen LogP contribution in [-0.4, -0.2) is 16.6 Å². The van der Waals surface area contributed by atoms with Crippen molar-refractivity contribution in [2.45, 2.75) is 39.5 Å². The maximum absolute atomic E-state index is 12.8. The van der Waals surface area contributed by atoms with Gasteiger partial charge in [-0.3, -0.25) is 4.79 Å². The fraction of sp³-hybridized carbons (Fsp3) is 0.316. The Balaban J connectivity index is 1.69. The van der Waals surface area contributed by atoms with Gasteiger partial charge in [0.2, 0.25) is 0 Å². The number of hydrogen-bond acceptors (Lipinski definition) is 3. The smallest absolute Gasteiger partial charge is 0.268 e. The summed E-state index contributed by atoms with van der Waals surface area (Å²) in [4.78, 5) is 12.8. The Hall–Kier alpha value is -2.40. The molecule has 0 unspecified atom stereocenters. The van der Waals surface area contributed by atoms with Crippen LogP contribution in [0.1, 0.15) is 35.4 Å². The molecule has 0 fully saturated rings. The summed E-state index contributed by atoms with van der Waals surface area (Å²) < 4.78 is 13.5. The Morgan fingerprint density at radius 1 is 1.36 bits per heavy atom. The average Bonchev–Trinajstić information content (AvgIpc) is 3.20. The van der Waals surface area contributed by atoms with Crippen molar-refractivity contribution in [3.8, 4) is 5.75 Å². The number of halogens is 1. The predicted molar refractivity (Wildman–Crippen MR) is 96.3 cm³/mol. The summed E-state index contributed by atoms with van der Waals surface area (Å²) in [6, 6.07) is 9.27. The predicted octanol–water partition coefficient (Wildman–Crippen LogP) is 4.30. The number of carbonyl (C=O) groups is 1. The molecular weight excluding hydrogens is 340 g/mol. The van der Waals surface area contributed by atoms with Crippen LogP contribution in [0.25, 0.3) is 10.9 Å². The topological polar surface area (TPSA) is 56.4 Å². The molecular formula is C19H19ClN2O3. The minimum atomic E-state index is -0.149. The summed E-state index contributed by atoms with van der Waals surface area (Å²) in [5.74, 6) is 2.18. The molecule has 3 aromatic rings. The van der Waals surface area contributed by atoms with E-state index in [1.807, 2.05) is 41.8 Å². The summed E-state index contributed by atoms with van der Waals surface area (Å²) in [6.45, 7) is 4.94. The van der Waals surface area contributed by atoms with Crippen molar-refractivity contribution in [3.63, 3.8) is 0 Å². The zero-order valence-corrected chi connectivity index (χ0v) is 14.9. The second kappa shape index (κ2) is 6.15. The minimum Gasteiger partial charge on any atom is -0.486 e. The highest BCUT2D eigenvalue weighted by Crippen LogP contribution is 2.38. The highest BCUT2D eigenvalue weighted by Gasteiger charge is 2.27. The first-order valence-corrected chi connectivity index (χ1v) is 8.76. The number of nitrogens with one attached hydrogen (secondary N) is 1. The van der Waals surface area contributed by atoms with E-state index < -0.39 is 0 Å². The number of rotatable bonds is 4. The number of aromatic nitrogens is 1. The lowest BCUT2D eigenvalue weighted by atomic mass is 10.2.